The van der Waals surface area contributed by atoms with Gasteiger partial charge in [0.05, 0.1) is 11.0 Å². The summed E-state index contributed by atoms with van der Waals surface area (Å²) in [5, 5.41) is 14.9. The number of esters is 1. The summed E-state index contributed by atoms with van der Waals surface area (Å²) in [7, 11) is 1.95. The largest absolute Gasteiger partial charge is 0.426 e. The first-order chi connectivity index (χ1) is 11.7. The predicted octanol–water partition coefficient (Wildman–Crippen LogP) is 3.48. The van der Waals surface area contributed by atoms with E-state index in [2.05, 4.69) is 5.32 Å². The zero-order chi connectivity index (χ0) is 18.2. The Morgan fingerprint density at radius 2 is 2.12 bits per heavy atom. The van der Waals surface area contributed by atoms with E-state index >= 15 is 0 Å². The minimum Gasteiger partial charge on any atom is -0.426 e. The highest BCUT2D eigenvalue weighted by molar-refractivity contribution is 5.77. The molecular weight excluding hydrogens is 314 g/mol. The van der Waals surface area contributed by atoms with Gasteiger partial charge in [-0.15, -0.1) is 0 Å². The molecule has 25 heavy (non-hydrogen) atoms. The van der Waals surface area contributed by atoms with Crippen LogP contribution in [0.15, 0.2) is 24.3 Å². The average molecular weight is 345 g/mol. The Kier molecular flexibility index (Phi) is 4.95. The number of benzene rings is 1. The summed E-state index contributed by atoms with van der Waals surface area (Å²) in [6.45, 7) is 6.33. The van der Waals surface area contributed by atoms with Gasteiger partial charge in [-0.05, 0) is 76.6 Å². The first-order valence-electron chi connectivity index (χ1n) is 9.44. The van der Waals surface area contributed by atoms with E-state index in [9.17, 15) is 9.90 Å². The van der Waals surface area contributed by atoms with Crippen LogP contribution >= 0.6 is 0 Å². The fraction of sp³-hybridized carbons (Fsp3) is 0.667. The van der Waals surface area contributed by atoms with Crippen molar-refractivity contribution in [3.8, 4) is 5.75 Å². The third kappa shape index (κ3) is 3.61. The highest BCUT2D eigenvalue weighted by Gasteiger charge is 2.51. The molecule has 4 heteroatoms. The van der Waals surface area contributed by atoms with Gasteiger partial charge in [-0.2, -0.15) is 0 Å². The Morgan fingerprint density at radius 3 is 2.80 bits per heavy atom. The molecule has 2 saturated carbocycles. The Balaban J connectivity index is 1.89. The summed E-state index contributed by atoms with van der Waals surface area (Å²) in [5.74, 6) is 1.63. The molecule has 2 aliphatic rings. The fourth-order valence-corrected chi connectivity index (χ4v) is 4.62. The Bertz CT molecular complexity index is 636. The SMILES string of the molecule is CNC[C@H]1[C@@H]2CC[C@@H](C2)C[C@]1(O)c1cccc(OC(=O)C(C)(C)C)c1. The maximum Gasteiger partial charge on any atom is 0.316 e. The molecule has 0 aliphatic heterocycles. The quantitative estimate of drug-likeness (QED) is 0.648. The molecule has 138 valence electrons. The first-order valence-corrected chi connectivity index (χ1v) is 9.44. The van der Waals surface area contributed by atoms with E-state index in [0.717, 1.165) is 18.5 Å². The van der Waals surface area contributed by atoms with Crippen molar-refractivity contribution in [1.29, 1.82) is 0 Å². The van der Waals surface area contributed by atoms with Gasteiger partial charge in [0.2, 0.25) is 0 Å². The number of aliphatic hydroxyl groups is 1. The second kappa shape index (κ2) is 6.73. The molecule has 2 aliphatic carbocycles. The molecular formula is C21H31NO3. The summed E-state index contributed by atoms with van der Waals surface area (Å²) in [4.78, 5) is 12.2. The summed E-state index contributed by atoms with van der Waals surface area (Å²) >= 11 is 0. The van der Waals surface area contributed by atoms with Crippen molar-refractivity contribution < 1.29 is 14.6 Å². The van der Waals surface area contributed by atoms with Crippen LogP contribution < -0.4 is 10.1 Å². The molecule has 1 aromatic rings. The van der Waals surface area contributed by atoms with Crippen molar-refractivity contribution in [3.05, 3.63) is 29.8 Å². The highest BCUT2D eigenvalue weighted by Crippen LogP contribution is 2.54. The molecule has 0 saturated heterocycles. The molecule has 2 bridgehead atoms. The lowest BCUT2D eigenvalue weighted by molar-refractivity contribution is -0.143. The van der Waals surface area contributed by atoms with Gasteiger partial charge in [0.1, 0.15) is 5.75 Å². The zero-order valence-electron chi connectivity index (χ0n) is 15.8. The molecule has 0 aromatic heterocycles. The number of ether oxygens (including phenoxy) is 1. The Morgan fingerprint density at radius 1 is 1.36 bits per heavy atom. The Labute approximate surface area is 151 Å². The number of carbonyl (C=O) groups is 1. The van der Waals surface area contributed by atoms with Gasteiger partial charge < -0.3 is 15.2 Å². The van der Waals surface area contributed by atoms with Crippen LogP contribution in [0.25, 0.3) is 0 Å². The lowest BCUT2D eigenvalue weighted by atomic mass is 9.66. The van der Waals surface area contributed by atoms with E-state index in [1.807, 2.05) is 46.0 Å². The van der Waals surface area contributed by atoms with Gasteiger partial charge in [-0.25, -0.2) is 0 Å². The monoisotopic (exact) mass is 345 g/mol. The van der Waals surface area contributed by atoms with Crippen molar-refractivity contribution in [3.63, 3.8) is 0 Å². The van der Waals surface area contributed by atoms with E-state index in [4.69, 9.17) is 4.74 Å². The minimum absolute atomic E-state index is 0.199. The second-order valence-corrected chi connectivity index (χ2v) is 8.90. The molecule has 0 spiro atoms. The third-order valence-electron chi connectivity index (χ3n) is 5.94. The van der Waals surface area contributed by atoms with E-state index in [1.54, 1.807) is 6.07 Å². The predicted molar refractivity (Wildman–Crippen MR) is 98.3 cm³/mol. The topological polar surface area (TPSA) is 58.6 Å². The van der Waals surface area contributed by atoms with Gasteiger partial charge in [0.15, 0.2) is 0 Å². The van der Waals surface area contributed by atoms with Crippen LogP contribution in [0.4, 0.5) is 0 Å². The smallest absolute Gasteiger partial charge is 0.316 e. The molecule has 2 N–H and O–H groups in total. The molecule has 0 unspecified atom stereocenters. The normalized spacial score (nSPS) is 31.8. The summed E-state index contributed by atoms with van der Waals surface area (Å²) in [6.07, 6.45) is 4.45. The van der Waals surface area contributed by atoms with Gasteiger partial charge in [-0.3, -0.25) is 4.79 Å². The average Bonchev–Trinajstić information content (AvgIpc) is 2.94. The number of nitrogens with one attached hydrogen (secondary N) is 1. The van der Waals surface area contributed by atoms with Crippen LogP contribution in [0.5, 0.6) is 5.75 Å². The molecule has 1 aromatic carbocycles. The van der Waals surface area contributed by atoms with Gasteiger partial charge in [0, 0.05) is 12.5 Å². The van der Waals surface area contributed by atoms with E-state index in [0.29, 0.717) is 17.6 Å². The van der Waals surface area contributed by atoms with Crippen LogP contribution in [0.2, 0.25) is 0 Å². The lowest BCUT2D eigenvalue weighted by Crippen LogP contribution is -2.47. The molecule has 3 rings (SSSR count). The molecule has 0 heterocycles. The van der Waals surface area contributed by atoms with Crippen molar-refractivity contribution in [2.75, 3.05) is 13.6 Å². The van der Waals surface area contributed by atoms with E-state index in [-0.39, 0.29) is 11.9 Å². The van der Waals surface area contributed by atoms with Crippen molar-refractivity contribution >= 4 is 5.97 Å². The van der Waals surface area contributed by atoms with Gasteiger partial charge in [0.25, 0.3) is 0 Å². The number of hydrogen-bond acceptors (Lipinski definition) is 4. The van der Waals surface area contributed by atoms with Crippen LogP contribution in [0.1, 0.15) is 52.0 Å². The van der Waals surface area contributed by atoms with Crippen LogP contribution in [0, 0.1) is 23.2 Å². The first kappa shape index (κ1) is 18.4. The van der Waals surface area contributed by atoms with Crippen molar-refractivity contribution in [1.82, 2.24) is 5.32 Å². The maximum atomic E-state index is 12.2. The number of hydrogen-bond donors (Lipinski definition) is 2. The standard InChI is InChI=1S/C21H31NO3/c1-20(2,3)19(23)25-17-7-5-6-16(11-17)21(24)12-14-8-9-15(10-14)18(21)13-22-4/h5-7,11,14-15,18,22,24H,8-10,12-13H2,1-4H3/t14-,15+,18-,21-/m0/s1. The van der Waals surface area contributed by atoms with Crippen LogP contribution in [0.3, 0.4) is 0 Å². The highest BCUT2D eigenvalue weighted by atomic mass is 16.5. The molecule has 4 atom stereocenters. The molecule has 2 fully saturated rings. The Hall–Kier alpha value is -1.39. The number of fused-ring (bicyclic) bond motifs is 2. The molecule has 0 radical (unpaired) electrons. The fourth-order valence-electron chi connectivity index (χ4n) is 4.62. The number of rotatable bonds is 4. The molecule has 4 nitrogen and oxygen atoms in total. The third-order valence-corrected chi connectivity index (χ3v) is 5.94. The van der Waals surface area contributed by atoms with Gasteiger partial charge in [-0.1, -0.05) is 18.6 Å². The van der Waals surface area contributed by atoms with Crippen molar-refractivity contribution in [2.45, 2.75) is 52.1 Å². The zero-order valence-corrected chi connectivity index (χ0v) is 15.8. The summed E-state index contributed by atoms with van der Waals surface area (Å²) in [5.41, 5.74) is -0.522. The summed E-state index contributed by atoms with van der Waals surface area (Å²) in [6, 6.07) is 7.51. The summed E-state index contributed by atoms with van der Waals surface area (Å²) < 4.78 is 5.55. The second-order valence-electron chi connectivity index (χ2n) is 8.90. The van der Waals surface area contributed by atoms with Crippen LogP contribution in [-0.2, 0) is 10.4 Å². The number of carbonyl (C=O) groups excluding carboxylic acids is 1. The molecule has 0 amide bonds. The minimum atomic E-state index is -0.850. The van der Waals surface area contributed by atoms with E-state index < -0.39 is 11.0 Å². The maximum absolute atomic E-state index is 12.2. The van der Waals surface area contributed by atoms with Crippen molar-refractivity contribution in [2.24, 2.45) is 23.2 Å². The van der Waals surface area contributed by atoms with Gasteiger partial charge >= 0.3 is 5.97 Å². The lowest BCUT2D eigenvalue weighted by Gasteiger charge is -2.44. The van der Waals surface area contributed by atoms with Crippen LogP contribution in [-0.4, -0.2) is 24.7 Å². The van der Waals surface area contributed by atoms with E-state index in [1.165, 1.54) is 19.3 Å².